The summed E-state index contributed by atoms with van der Waals surface area (Å²) < 4.78 is 58.5. The number of hydrogen-bond acceptors (Lipinski definition) is 9. The number of nitriles is 1. The Hall–Kier alpha value is -4.41. The van der Waals surface area contributed by atoms with Gasteiger partial charge >= 0.3 is 6.01 Å². The summed E-state index contributed by atoms with van der Waals surface area (Å²) in [5, 5.41) is 10.4. The van der Waals surface area contributed by atoms with Gasteiger partial charge in [-0.05, 0) is 50.1 Å². The number of anilines is 1. The lowest BCUT2D eigenvalue weighted by molar-refractivity contribution is -0.127. The van der Waals surface area contributed by atoms with Gasteiger partial charge in [-0.15, -0.1) is 11.3 Å². The van der Waals surface area contributed by atoms with Crippen molar-refractivity contribution in [2.75, 3.05) is 32.0 Å². The van der Waals surface area contributed by atoms with Gasteiger partial charge in [0.15, 0.2) is 5.82 Å². The highest BCUT2D eigenvalue weighted by Gasteiger charge is 2.49. The SMILES string of the molecule is C=CC(=O)N1CC[C@@H](Oc2nc(OC[C@@]34CCCN3C[C@H](F)C4)nc3c(F)c(-c4ccc(F)c5sc(N)c(C#N)c45)ccc23)[C@@H]1C. The Morgan fingerprint density at radius 3 is 2.85 bits per heavy atom. The zero-order chi connectivity index (χ0) is 32.3. The molecule has 0 bridgehead atoms. The smallest absolute Gasteiger partial charge is 0.320 e. The summed E-state index contributed by atoms with van der Waals surface area (Å²) >= 11 is 0.928. The lowest BCUT2D eigenvalue weighted by atomic mass is 9.95. The van der Waals surface area contributed by atoms with Crippen molar-refractivity contribution < 1.29 is 27.4 Å². The van der Waals surface area contributed by atoms with E-state index in [1.807, 2.05) is 13.0 Å². The van der Waals surface area contributed by atoms with Gasteiger partial charge < -0.3 is 20.1 Å². The highest BCUT2D eigenvalue weighted by molar-refractivity contribution is 7.23. The lowest BCUT2D eigenvalue weighted by Gasteiger charge is -2.30. The van der Waals surface area contributed by atoms with Crippen LogP contribution in [0.25, 0.3) is 32.1 Å². The Morgan fingerprint density at radius 2 is 2.07 bits per heavy atom. The number of nitrogens with zero attached hydrogens (tertiary/aromatic N) is 5. The predicted octanol–water partition coefficient (Wildman–Crippen LogP) is 5.75. The molecule has 2 aromatic heterocycles. The topological polar surface area (TPSA) is 118 Å². The fraction of sp³-hybridized carbons (Fsp3) is 0.394. The molecule has 2 aromatic carbocycles. The average molecular weight is 649 g/mol. The number of nitrogens with two attached hydrogens (primary N) is 1. The Morgan fingerprint density at radius 1 is 1.26 bits per heavy atom. The summed E-state index contributed by atoms with van der Waals surface area (Å²) in [6.07, 6.45) is 2.38. The molecule has 238 valence electrons. The number of thiophene rings is 1. The van der Waals surface area contributed by atoms with Crippen molar-refractivity contribution in [3.63, 3.8) is 0 Å². The summed E-state index contributed by atoms with van der Waals surface area (Å²) in [6.45, 7) is 7.14. The second kappa shape index (κ2) is 11.4. The normalized spacial score (nSPS) is 24.4. The molecular weight excluding hydrogens is 617 g/mol. The third-order valence-electron chi connectivity index (χ3n) is 9.61. The van der Waals surface area contributed by atoms with E-state index in [4.69, 9.17) is 15.2 Å². The monoisotopic (exact) mass is 648 g/mol. The number of alkyl halides is 1. The maximum Gasteiger partial charge on any atom is 0.320 e. The Balaban J connectivity index is 1.33. The molecular formula is C33H31F3N6O3S. The van der Waals surface area contributed by atoms with Crippen LogP contribution in [0.2, 0.25) is 0 Å². The number of aromatic nitrogens is 2. The molecule has 0 spiro atoms. The zero-order valence-corrected chi connectivity index (χ0v) is 25.9. The van der Waals surface area contributed by atoms with Gasteiger partial charge in [-0.2, -0.15) is 15.2 Å². The average Bonchev–Trinajstić information content (AvgIpc) is 3.78. The molecule has 4 atom stereocenters. The summed E-state index contributed by atoms with van der Waals surface area (Å²) in [7, 11) is 0. The van der Waals surface area contributed by atoms with E-state index in [0.717, 1.165) is 30.7 Å². The van der Waals surface area contributed by atoms with Crippen molar-refractivity contribution in [2.24, 2.45) is 0 Å². The molecule has 3 saturated heterocycles. The van der Waals surface area contributed by atoms with Crippen LogP contribution >= 0.6 is 11.3 Å². The zero-order valence-electron chi connectivity index (χ0n) is 25.1. The van der Waals surface area contributed by atoms with Crippen molar-refractivity contribution in [1.82, 2.24) is 19.8 Å². The Kier molecular flexibility index (Phi) is 7.52. The Bertz CT molecular complexity index is 1950. The minimum atomic E-state index is -0.956. The fourth-order valence-electron chi connectivity index (χ4n) is 7.29. The molecule has 0 saturated carbocycles. The quantitative estimate of drug-likeness (QED) is 0.252. The number of nitrogen functional groups attached to an aromatic ring is 1. The van der Waals surface area contributed by atoms with Gasteiger partial charge in [-0.25, -0.2) is 13.2 Å². The first-order chi connectivity index (χ1) is 22.1. The van der Waals surface area contributed by atoms with E-state index in [2.05, 4.69) is 21.4 Å². The molecule has 3 fully saturated rings. The number of ether oxygens (including phenoxy) is 2. The largest absolute Gasteiger partial charge is 0.471 e. The molecule has 13 heteroatoms. The van der Waals surface area contributed by atoms with Gasteiger partial charge in [0.2, 0.25) is 11.8 Å². The molecule has 2 N–H and O–H groups in total. The molecule has 46 heavy (non-hydrogen) atoms. The molecule has 4 aromatic rings. The number of rotatable bonds is 7. The van der Waals surface area contributed by atoms with Crippen molar-refractivity contribution >= 4 is 43.2 Å². The van der Waals surface area contributed by atoms with E-state index in [-0.39, 0.29) is 73.1 Å². The van der Waals surface area contributed by atoms with Crippen molar-refractivity contribution in [3.8, 4) is 29.1 Å². The van der Waals surface area contributed by atoms with Crippen LogP contribution in [0.3, 0.4) is 0 Å². The van der Waals surface area contributed by atoms with E-state index in [1.54, 1.807) is 11.0 Å². The van der Waals surface area contributed by atoms with Crippen molar-refractivity contribution in [1.29, 1.82) is 5.26 Å². The molecule has 3 aliphatic heterocycles. The minimum absolute atomic E-state index is 0.0710. The molecule has 0 radical (unpaired) electrons. The number of carbonyl (C=O) groups excluding carboxylic acids is 1. The minimum Gasteiger partial charge on any atom is -0.471 e. The van der Waals surface area contributed by atoms with E-state index in [1.165, 1.54) is 24.3 Å². The van der Waals surface area contributed by atoms with Crippen LogP contribution in [0.4, 0.5) is 18.2 Å². The van der Waals surface area contributed by atoms with Gasteiger partial charge in [-0.3, -0.25) is 9.69 Å². The number of likely N-dealkylation sites (tertiary alicyclic amines) is 1. The summed E-state index contributed by atoms with van der Waals surface area (Å²) in [5.41, 5.74) is 5.88. The van der Waals surface area contributed by atoms with Gasteiger partial charge in [0.1, 0.15) is 41.3 Å². The maximum atomic E-state index is 16.7. The number of fused-ring (bicyclic) bond motifs is 3. The van der Waals surface area contributed by atoms with Crippen LogP contribution in [0.5, 0.6) is 11.9 Å². The van der Waals surface area contributed by atoms with Gasteiger partial charge in [0.25, 0.3) is 0 Å². The summed E-state index contributed by atoms with van der Waals surface area (Å²) in [4.78, 5) is 25.1. The maximum absolute atomic E-state index is 16.7. The predicted molar refractivity (Wildman–Crippen MR) is 168 cm³/mol. The second-order valence-electron chi connectivity index (χ2n) is 12.2. The van der Waals surface area contributed by atoms with Crippen LogP contribution in [0.1, 0.15) is 38.2 Å². The van der Waals surface area contributed by atoms with E-state index in [9.17, 15) is 18.8 Å². The second-order valence-corrected chi connectivity index (χ2v) is 13.2. The summed E-state index contributed by atoms with van der Waals surface area (Å²) in [5.74, 6) is -1.45. The van der Waals surface area contributed by atoms with E-state index in [0.29, 0.717) is 25.9 Å². The standard InChI is InChI=1S/C33H31F3N6O3S/c1-3-25(43)42-12-9-24(17(42)2)45-31-21-6-5-20(19-7-8-23(35)29-26(19)22(14-37)30(38)46-29)27(36)28(21)39-32(40-31)44-16-33-10-4-11-41(33)15-18(34)13-33/h3,5-8,17-18,24H,1,4,9-13,15-16,38H2,2H3/t17-,18+,24+,33-/m0/s1. The number of carbonyl (C=O) groups is 1. The molecule has 7 rings (SSSR count). The molecule has 5 heterocycles. The van der Waals surface area contributed by atoms with E-state index >= 15 is 4.39 Å². The highest BCUT2D eigenvalue weighted by atomic mass is 32.1. The molecule has 0 unspecified atom stereocenters. The van der Waals surface area contributed by atoms with Crippen LogP contribution in [0, 0.1) is 23.0 Å². The first kappa shape index (κ1) is 30.3. The van der Waals surface area contributed by atoms with E-state index < -0.39 is 29.4 Å². The fourth-order valence-corrected chi connectivity index (χ4v) is 8.24. The number of amides is 1. The first-order valence-corrected chi connectivity index (χ1v) is 16.0. The van der Waals surface area contributed by atoms with Crippen LogP contribution < -0.4 is 15.2 Å². The first-order valence-electron chi connectivity index (χ1n) is 15.2. The lowest BCUT2D eigenvalue weighted by Crippen LogP contribution is -2.43. The number of hydrogen-bond donors (Lipinski definition) is 1. The molecule has 1 amide bonds. The van der Waals surface area contributed by atoms with Gasteiger partial charge in [0, 0.05) is 36.9 Å². The molecule has 3 aliphatic rings. The van der Waals surface area contributed by atoms with Gasteiger partial charge in [0.05, 0.1) is 27.2 Å². The van der Waals surface area contributed by atoms with Crippen LogP contribution in [0.15, 0.2) is 36.9 Å². The third kappa shape index (κ3) is 4.82. The van der Waals surface area contributed by atoms with Crippen LogP contribution in [-0.4, -0.2) is 75.8 Å². The van der Waals surface area contributed by atoms with Crippen molar-refractivity contribution in [2.45, 2.75) is 56.5 Å². The van der Waals surface area contributed by atoms with Gasteiger partial charge in [-0.1, -0.05) is 18.7 Å². The molecule has 0 aliphatic carbocycles. The Labute approximate surface area is 267 Å². The van der Waals surface area contributed by atoms with Crippen molar-refractivity contribution in [3.05, 3.63) is 54.1 Å². The summed E-state index contributed by atoms with van der Waals surface area (Å²) in [6, 6.07) is 7.33. The third-order valence-corrected chi connectivity index (χ3v) is 10.6. The van der Waals surface area contributed by atoms with Crippen LogP contribution in [-0.2, 0) is 4.79 Å². The number of halogens is 3. The highest BCUT2D eigenvalue weighted by Crippen LogP contribution is 2.44. The molecule has 9 nitrogen and oxygen atoms in total. The number of benzene rings is 2.